The standard InChI is InChI=1S/C10H12N4OS/c1-15-9-4-8(12-6-13-9)10(14-11)7-2-3-16-5-7/h2-6,10,14H,11H2,1H3. The van der Waals surface area contributed by atoms with E-state index >= 15 is 0 Å². The Bertz CT molecular complexity index is 446. The molecule has 0 bridgehead atoms. The van der Waals surface area contributed by atoms with Crippen molar-refractivity contribution in [2.24, 2.45) is 5.84 Å². The quantitative estimate of drug-likeness (QED) is 0.614. The van der Waals surface area contributed by atoms with E-state index in [4.69, 9.17) is 10.6 Å². The zero-order valence-electron chi connectivity index (χ0n) is 8.75. The summed E-state index contributed by atoms with van der Waals surface area (Å²) < 4.78 is 5.05. The highest BCUT2D eigenvalue weighted by Crippen LogP contribution is 2.23. The third kappa shape index (κ3) is 2.19. The lowest BCUT2D eigenvalue weighted by atomic mass is 10.1. The van der Waals surface area contributed by atoms with Gasteiger partial charge >= 0.3 is 0 Å². The van der Waals surface area contributed by atoms with Crippen LogP contribution in [0.3, 0.4) is 0 Å². The molecule has 5 nitrogen and oxygen atoms in total. The van der Waals surface area contributed by atoms with Crippen LogP contribution in [0.2, 0.25) is 0 Å². The second-order valence-electron chi connectivity index (χ2n) is 3.14. The fraction of sp³-hybridized carbons (Fsp3) is 0.200. The van der Waals surface area contributed by atoms with Gasteiger partial charge in [0.2, 0.25) is 5.88 Å². The Morgan fingerprint density at radius 1 is 1.50 bits per heavy atom. The minimum Gasteiger partial charge on any atom is -0.481 e. The van der Waals surface area contributed by atoms with Gasteiger partial charge in [0.25, 0.3) is 0 Å². The van der Waals surface area contributed by atoms with Crippen molar-refractivity contribution in [1.82, 2.24) is 15.4 Å². The van der Waals surface area contributed by atoms with Crippen molar-refractivity contribution in [2.45, 2.75) is 6.04 Å². The lowest BCUT2D eigenvalue weighted by Crippen LogP contribution is -2.29. The maximum absolute atomic E-state index is 5.54. The van der Waals surface area contributed by atoms with Crippen LogP contribution in [0.15, 0.2) is 29.2 Å². The molecular weight excluding hydrogens is 224 g/mol. The topological polar surface area (TPSA) is 73.1 Å². The molecule has 1 unspecified atom stereocenters. The zero-order valence-corrected chi connectivity index (χ0v) is 9.57. The largest absolute Gasteiger partial charge is 0.481 e. The lowest BCUT2D eigenvalue weighted by molar-refractivity contribution is 0.395. The molecule has 0 aromatic carbocycles. The second-order valence-corrected chi connectivity index (χ2v) is 3.92. The highest BCUT2D eigenvalue weighted by molar-refractivity contribution is 7.08. The van der Waals surface area contributed by atoms with E-state index < -0.39 is 0 Å². The van der Waals surface area contributed by atoms with Gasteiger partial charge in [-0.1, -0.05) is 0 Å². The van der Waals surface area contributed by atoms with Crippen LogP contribution in [0.1, 0.15) is 17.3 Å². The maximum Gasteiger partial charge on any atom is 0.216 e. The molecule has 0 spiro atoms. The molecule has 0 aliphatic carbocycles. The molecule has 0 fully saturated rings. The van der Waals surface area contributed by atoms with E-state index in [0.29, 0.717) is 5.88 Å². The Labute approximate surface area is 97.3 Å². The van der Waals surface area contributed by atoms with Gasteiger partial charge in [0.1, 0.15) is 6.33 Å². The van der Waals surface area contributed by atoms with E-state index in [2.05, 4.69) is 15.4 Å². The number of nitrogens with two attached hydrogens (primary N) is 1. The third-order valence-corrected chi connectivity index (χ3v) is 2.91. The first-order chi connectivity index (χ1) is 7.85. The van der Waals surface area contributed by atoms with Crippen LogP contribution in [0.4, 0.5) is 0 Å². The number of nitrogens with zero attached hydrogens (tertiary/aromatic N) is 2. The molecule has 2 heterocycles. The van der Waals surface area contributed by atoms with Gasteiger partial charge in [0.15, 0.2) is 0 Å². The Kier molecular flexibility index (Phi) is 3.45. The van der Waals surface area contributed by atoms with Crippen LogP contribution < -0.4 is 16.0 Å². The van der Waals surface area contributed by atoms with Crippen LogP contribution in [-0.2, 0) is 0 Å². The van der Waals surface area contributed by atoms with E-state index in [-0.39, 0.29) is 6.04 Å². The van der Waals surface area contributed by atoms with Gasteiger partial charge in [-0.3, -0.25) is 5.84 Å². The Hall–Kier alpha value is -1.50. The molecular formula is C10H12N4OS. The van der Waals surface area contributed by atoms with Crippen LogP contribution in [0.5, 0.6) is 5.88 Å². The number of ether oxygens (including phenoxy) is 1. The van der Waals surface area contributed by atoms with Gasteiger partial charge < -0.3 is 4.74 Å². The number of aromatic nitrogens is 2. The first-order valence-electron chi connectivity index (χ1n) is 4.69. The normalized spacial score (nSPS) is 12.4. The summed E-state index contributed by atoms with van der Waals surface area (Å²) in [5.41, 5.74) is 4.59. The van der Waals surface area contributed by atoms with Crippen LogP contribution in [-0.4, -0.2) is 17.1 Å². The third-order valence-electron chi connectivity index (χ3n) is 2.21. The van der Waals surface area contributed by atoms with E-state index in [0.717, 1.165) is 11.3 Å². The molecule has 0 saturated heterocycles. The number of hydrazine groups is 1. The summed E-state index contributed by atoms with van der Waals surface area (Å²) in [6, 6.07) is 3.63. The average Bonchev–Trinajstić information content (AvgIpc) is 2.84. The van der Waals surface area contributed by atoms with Gasteiger partial charge in [-0.15, -0.1) is 0 Å². The monoisotopic (exact) mass is 236 g/mol. The summed E-state index contributed by atoms with van der Waals surface area (Å²) in [5.74, 6) is 6.07. The summed E-state index contributed by atoms with van der Waals surface area (Å²) in [7, 11) is 1.57. The molecule has 2 rings (SSSR count). The smallest absolute Gasteiger partial charge is 0.216 e. The number of hydrogen-bond acceptors (Lipinski definition) is 6. The van der Waals surface area contributed by atoms with Gasteiger partial charge in [0, 0.05) is 6.07 Å². The Morgan fingerprint density at radius 2 is 2.38 bits per heavy atom. The predicted molar refractivity (Wildman–Crippen MR) is 62.1 cm³/mol. The van der Waals surface area contributed by atoms with Crippen LogP contribution in [0, 0.1) is 0 Å². The molecule has 2 aromatic heterocycles. The van der Waals surface area contributed by atoms with Crippen molar-refractivity contribution in [1.29, 1.82) is 0 Å². The molecule has 84 valence electrons. The number of methoxy groups -OCH3 is 1. The molecule has 0 saturated carbocycles. The number of rotatable bonds is 4. The molecule has 0 aliphatic rings. The summed E-state index contributed by atoms with van der Waals surface area (Å²) in [5, 5.41) is 4.03. The summed E-state index contributed by atoms with van der Waals surface area (Å²) in [6.45, 7) is 0. The molecule has 0 amide bonds. The fourth-order valence-corrected chi connectivity index (χ4v) is 2.10. The van der Waals surface area contributed by atoms with Crippen LogP contribution >= 0.6 is 11.3 Å². The highest BCUT2D eigenvalue weighted by Gasteiger charge is 2.15. The molecule has 0 aliphatic heterocycles. The predicted octanol–water partition coefficient (Wildman–Crippen LogP) is 1.10. The second kappa shape index (κ2) is 5.02. The van der Waals surface area contributed by atoms with Crippen molar-refractivity contribution in [2.75, 3.05) is 7.11 Å². The summed E-state index contributed by atoms with van der Waals surface area (Å²) >= 11 is 1.62. The number of nitrogens with one attached hydrogen (secondary N) is 1. The van der Waals surface area contributed by atoms with Crippen molar-refractivity contribution >= 4 is 11.3 Å². The molecule has 6 heteroatoms. The first-order valence-corrected chi connectivity index (χ1v) is 5.63. The van der Waals surface area contributed by atoms with Crippen molar-refractivity contribution in [3.63, 3.8) is 0 Å². The summed E-state index contributed by atoms with van der Waals surface area (Å²) in [4.78, 5) is 8.14. The van der Waals surface area contributed by atoms with Crippen LogP contribution in [0.25, 0.3) is 0 Å². The molecule has 0 radical (unpaired) electrons. The van der Waals surface area contributed by atoms with E-state index in [1.54, 1.807) is 24.5 Å². The fourth-order valence-electron chi connectivity index (χ4n) is 1.41. The summed E-state index contributed by atoms with van der Waals surface area (Å²) in [6.07, 6.45) is 1.46. The highest BCUT2D eigenvalue weighted by atomic mass is 32.1. The number of thiophene rings is 1. The Morgan fingerprint density at radius 3 is 3.00 bits per heavy atom. The lowest BCUT2D eigenvalue weighted by Gasteiger charge is -2.14. The van der Waals surface area contributed by atoms with Crippen molar-refractivity contribution < 1.29 is 4.74 Å². The molecule has 3 N–H and O–H groups in total. The van der Waals surface area contributed by atoms with Gasteiger partial charge in [0.05, 0.1) is 18.8 Å². The maximum atomic E-state index is 5.54. The van der Waals surface area contributed by atoms with E-state index in [1.165, 1.54) is 6.33 Å². The first kappa shape index (κ1) is 11.0. The number of hydrogen-bond donors (Lipinski definition) is 2. The molecule has 1 atom stereocenters. The van der Waals surface area contributed by atoms with Crippen molar-refractivity contribution in [3.05, 3.63) is 40.5 Å². The minimum atomic E-state index is -0.136. The van der Waals surface area contributed by atoms with E-state index in [9.17, 15) is 0 Å². The average molecular weight is 236 g/mol. The molecule has 16 heavy (non-hydrogen) atoms. The van der Waals surface area contributed by atoms with Gasteiger partial charge in [-0.25, -0.2) is 15.4 Å². The van der Waals surface area contributed by atoms with Gasteiger partial charge in [-0.2, -0.15) is 11.3 Å². The van der Waals surface area contributed by atoms with Crippen molar-refractivity contribution in [3.8, 4) is 5.88 Å². The minimum absolute atomic E-state index is 0.136. The SMILES string of the molecule is COc1cc(C(NN)c2ccsc2)ncn1. The van der Waals surface area contributed by atoms with E-state index in [1.807, 2.05) is 16.8 Å². The zero-order chi connectivity index (χ0) is 11.4. The molecule has 2 aromatic rings. The Balaban J connectivity index is 2.33. The van der Waals surface area contributed by atoms with Gasteiger partial charge in [-0.05, 0) is 22.4 Å².